The van der Waals surface area contributed by atoms with E-state index in [2.05, 4.69) is 10.6 Å². The molecule has 3 rings (SSSR count). The number of anilines is 1. The molecule has 1 atom stereocenters. The van der Waals surface area contributed by atoms with Crippen LogP contribution in [0.3, 0.4) is 0 Å². The number of carboxylic acid groups (broad SMARTS) is 1. The molecule has 0 aliphatic heterocycles. The molecule has 0 radical (unpaired) electrons. The number of hydrogen-bond donors (Lipinski definition) is 4. The number of nitrogens with zero attached hydrogens (tertiary/aromatic N) is 1. The third kappa shape index (κ3) is 5.37. The first kappa shape index (κ1) is 24.4. The number of carbonyl (C=O) groups excluding carboxylic acids is 1. The molecule has 34 heavy (non-hydrogen) atoms. The number of aryl methyl sites for hydroxylation is 3. The molecule has 0 fully saturated rings. The van der Waals surface area contributed by atoms with Gasteiger partial charge in [0.15, 0.2) is 5.69 Å². The molecule has 9 heteroatoms. The summed E-state index contributed by atoms with van der Waals surface area (Å²) in [4.78, 5) is 36.6. The van der Waals surface area contributed by atoms with Crippen molar-refractivity contribution in [2.75, 3.05) is 12.4 Å². The van der Waals surface area contributed by atoms with Crippen LogP contribution in [0.15, 0.2) is 53.5 Å². The highest BCUT2D eigenvalue weighted by atomic mass is 16.5. The van der Waals surface area contributed by atoms with Gasteiger partial charge in [-0.15, -0.1) is 0 Å². The van der Waals surface area contributed by atoms with Gasteiger partial charge in [-0.1, -0.05) is 18.2 Å². The van der Waals surface area contributed by atoms with E-state index in [0.29, 0.717) is 11.3 Å². The number of pyridine rings is 1. The molecule has 0 spiro atoms. The monoisotopic (exact) mass is 465 g/mol. The van der Waals surface area contributed by atoms with E-state index in [-0.39, 0.29) is 5.69 Å². The Labute approximate surface area is 196 Å². The number of aromatic hydroxyl groups is 1. The molecule has 9 nitrogen and oxygen atoms in total. The topological polar surface area (TPSA) is 130 Å². The van der Waals surface area contributed by atoms with Crippen molar-refractivity contribution in [3.05, 3.63) is 75.7 Å². The zero-order valence-electron chi connectivity index (χ0n) is 19.4. The number of amides is 2. The van der Waals surface area contributed by atoms with Crippen molar-refractivity contribution in [2.45, 2.75) is 26.3 Å². The van der Waals surface area contributed by atoms with Crippen LogP contribution < -0.4 is 20.9 Å². The molecule has 0 aliphatic rings. The zero-order chi connectivity index (χ0) is 25.0. The highest BCUT2D eigenvalue weighted by Crippen LogP contribution is 2.33. The van der Waals surface area contributed by atoms with E-state index in [1.165, 1.54) is 31.0 Å². The van der Waals surface area contributed by atoms with E-state index >= 15 is 0 Å². The maximum Gasteiger partial charge on any atom is 0.319 e. The lowest BCUT2D eigenvalue weighted by molar-refractivity contribution is -0.137. The van der Waals surface area contributed by atoms with Crippen molar-refractivity contribution in [3.63, 3.8) is 0 Å². The summed E-state index contributed by atoms with van der Waals surface area (Å²) in [5.74, 6) is -1.02. The van der Waals surface area contributed by atoms with Crippen LogP contribution in [0.2, 0.25) is 0 Å². The van der Waals surface area contributed by atoms with Crippen molar-refractivity contribution in [3.8, 4) is 22.6 Å². The van der Waals surface area contributed by atoms with Crippen LogP contribution in [0.1, 0.15) is 29.2 Å². The minimum Gasteiger partial charge on any atom is -0.505 e. The number of rotatable bonds is 7. The van der Waals surface area contributed by atoms with Gasteiger partial charge in [-0.25, -0.2) is 4.79 Å². The lowest BCUT2D eigenvalue weighted by atomic mass is 9.92. The number of carbonyl (C=O) groups is 2. The van der Waals surface area contributed by atoms with E-state index in [0.717, 1.165) is 22.3 Å². The van der Waals surface area contributed by atoms with Crippen LogP contribution in [0, 0.1) is 13.8 Å². The van der Waals surface area contributed by atoms with Crippen LogP contribution in [0.25, 0.3) is 11.1 Å². The molecular formula is C25H27N3O6. The normalized spacial score (nSPS) is 11.5. The van der Waals surface area contributed by atoms with Crippen LogP contribution in [-0.4, -0.2) is 33.9 Å². The fourth-order valence-electron chi connectivity index (χ4n) is 3.83. The second kappa shape index (κ2) is 10.1. The molecule has 3 aromatic rings. The van der Waals surface area contributed by atoms with Crippen molar-refractivity contribution in [2.24, 2.45) is 7.05 Å². The number of methoxy groups -OCH3 is 1. The van der Waals surface area contributed by atoms with E-state index in [9.17, 15) is 24.6 Å². The average molecular weight is 466 g/mol. The highest BCUT2D eigenvalue weighted by molar-refractivity contribution is 5.91. The Kier molecular flexibility index (Phi) is 7.25. The van der Waals surface area contributed by atoms with Gasteiger partial charge in [0.25, 0.3) is 5.56 Å². The maximum absolute atomic E-state index is 12.7. The summed E-state index contributed by atoms with van der Waals surface area (Å²) in [6.45, 7) is 3.96. The third-order valence-electron chi connectivity index (χ3n) is 5.51. The van der Waals surface area contributed by atoms with E-state index in [1.54, 1.807) is 6.07 Å². The lowest BCUT2D eigenvalue weighted by Gasteiger charge is -2.21. The van der Waals surface area contributed by atoms with Gasteiger partial charge >= 0.3 is 12.0 Å². The molecule has 2 amide bonds. The molecule has 1 heterocycles. The summed E-state index contributed by atoms with van der Waals surface area (Å²) in [5, 5.41) is 24.4. The molecule has 2 aromatic carbocycles. The fourth-order valence-corrected chi connectivity index (χ4v) is 3.83. The Bertz CT molecular complexity index is 1280. The van der Waals surface area contributed by atoms with E-state index in [4.69, 9.17) is 4.74 Å². The fraction of sp³-hybridized carbons (Fsp3) is 0.240. The van der Waals surface area contributed by atoms with Gasteiger partial charge in [0.1, 0.15) is 11.5 Å². The van der Waals surface area contributed by atoms with Crippen molar-refractivity contribution in [1.82, 2.24) is 9.88 Å². The number of hydrogen-bond acceptors (Lipinski definition) is 5. The maximum atomic E-state index is 12.7. The number of aromatic nitrogens is 1. The van der Waals surface area contributed by atoms with Gasteiger partial charge in [-0.05, 0) is 65.9 Å². The van der Waals surface area contributed by atoms with Crippen LogP contribution in [0.4, 0.5) is 10.5 Å². The second-order valence-electron chi connectivity index (χ2n) is 8.00. The number of aliphatic carboxylic acids is 1. The number of benzene rings is 2. The summed E-state index contributed by atoms with van der Waals surface area (Å²) in [6, 6.07) is 10.7. The first-order valence-corrected chi connectivity index (χ1v) is 10.5. The van der Waals surface area contributed by atoms with Gasteiger partial charge in [0.05, 0.1) is 19.6 Å². The first-order valence-electron chi connectivity index (χ1n) is 10.5. The minimum atomic E-state index is -1.12. The van der Waals surface area contributed by atoms with E-state index in [1.807, 2.05) is 44.2 Å². The Morgan fingerprint density at radius 1 is 1.12 bits per heavy atom. The van der Waals surface area contributed by atoms with Gasteiger partial charge < -0.3 is 30.2 Å². The molecule has 0 saturated heterocycles. The Hall–Kier alpha value is -4.27. The quantitative estimate of drug-likeness (QED) is 0.421. The first-order chi connectivity index (χ1) is 16.1. The van der Waals surface area contributed by atoms with Gasteiger partial charge in [-0.3, -0.25) is 9.59 Å². The van der Waals surface area contributed by atoms with Gasteiger partial charge in [0, 0.05) is 13.2 Å². The van der Waals surface area contributed by atoms with Gasteiger partial charge in [-0.2, -0.15) is 0 Å². The molecule has 0 saturated carbocycles. The Balaban J connectivity index is 2.00. The zero-order valence-corrected chi connectivity index (χ0v) is 19.4. The molecule has 1 unspecified atom stereocenters. The molecular weight excluding hydrogens is 438 g/mol. The highest BCUT2D eigenvalue weighted by Gasteiger charge is 2.22. The molecule has 1 aromatic heterocycles. The predicted molar refractivity (Wildman–Crippen MR) is 128 cm³/mol. The molecule has 178 valence electrons. The number of ether oxygens (including phenoxy) is 1. The largest absolute Gasteiger partial charge is 0.505 e. The van der Waals surface area contributed by atoms with E-state index < -0.39 is 35.8 Å². The number of nitrogens with one attached hydrogen (secondary N) is 2. The summed E-state index contributed by atoms with van der Waals surface area (Å²) in [6.07, 6.45) is 0.949. The summed E-state index contributed by atoms with van der Waals surface area (Å²) in [7, 11) is 2.98. The van der Waals surface area contributed by atoms with Crippen LogP contribution >= 0.6 is 0 Å². The summed E-state index contributed by atoms with van der Waals surface area (Å²) >= 11 is 0. The lowest BCUT2D eigenvalue weighted by Crippen LogP contribution is -2.36. The average Bonchev–Trinajstić information content (AvgIpc) is 2.78. The van der Waals surface area contributed by atoms with Crippen molar-refractivity contribution in [1.29, 1.82) is 0 Å². The predicted octanol–water partition coefficient (Wildman–Crippen LogP) is 3.72. The third-order valence-corrected chi connectivity index (χ3v) is 5.51. The smallest absolute Gasteiger partial charge is 0.319 e. The van der Waals surface area contributed by atoms with Crippen LogP contribution in [-0.2, 0) is 11.8 Å². The standard InChI is InChI=1S/C25H27N3O6/c1-14-6-5-7-15(2)22(14)17-10-16(11-18(12-17)34-4)19(13-21(30)31)26-25(33)27-23-20(29)8-9-28(3)24(23)32/h5-12,19,29H,13H2,1-4H3,(H,30,31)(H2,26,27,33). The summed E-state index contributed by atoms with van der Waals surface area (Å²) in [5.41, 5.74) is 3.47. The molecule has 0 aliphatic carbocycles. The molecule has 0 bridgehead atoms. The number of urea groups is 1. The molecule has 4 N–H and O–H groups in total. The Morgan fingerprint density at radius 2 is 1.79 bits per heavy atom. The Morgan fingerprint density at radius 3 is 2.41 bits per heavy atom. The SMILES string of the molecule is COc1cc(-c2c(C)cccc2C)cc(C(CC(=O)O)NC(=O)Nc2c(O)ccn(C)c2=O)c1. The van der Waals surface area contributed by atoms with Crippen LogP contribution in [0.5, 0.6) is 11.5 Å². The van der Waals surface area contributed by atoms with Gasteiger partial charge in [0.2, 0.25) is 0 Å². The number of carboxylic acids is 1. The summed E-state index contributed by atoms with van der Waals surface area (Å²) < 4.78 is 6.64. The second-order valence-corrected chi connectivity index (χ2v) is 8.00. The van der Waals surface area contributed by atoms with Crippen molar-refractivity contribution < 1.29 is 24.5 Å². The van der Waals surface area contributed by atoms with Crippen molar-refractivity contribution >= 4 is 17.7 Å². The minimum absolute atomic E-state index is 0.307.